The van der Waals surface area contributed by atoms with E-state index in [9.17, 15) is 4.79 Å². The van der Waals surface area contributed by atoms with Crippen LogP contribution in [0.3, 0.4) is 0 Å². The standard InChI is InChI=1S/C20H17ClN2O3/c1-22-7-6-16-15(10-22)14-8-18-19(26-11-25-18)9-17(14)23(16)20(24)12-2-4-13(21)5-3-12/h2-5,8-9H,6-7,10-11H2,1H3. The van der Waals surface area contributed by atoms with Crippen LogP contribution in [0.4, 0.5) is 0 Å². The molecule has 1 aromatic heterocycles. The van der Waals surface area contributed by atoms with Gasteiger partial charge in [-0.15, -0.1) is 0 Å². The molecule has 0 aliphatic carbocycles. The van der Waals surface area contributed by atoms with Crippen LogP contribution in [-0.4, -0.2) is 35.8 Å². The number of hydrogen-bond donors (Lipinski definition) is 0. The highest BCUT2D eigenvalue weighted by molar-refractivity contribution is 6.30. The molecule has 0 bridgehead atoms. The van der Waals surface area contributed by atoms with Gasteiger partial charge in [0.25, 0.3) is 5.91 Å². The number of hydrogen-bond acceptors (Lipinski definition) is 4. The van der Waals surface area contributed by atoms with E-state index in [4.69, 9.17) is 21.1 Å². The summed E-state index contributed by atoms with van der Waals surface area (Å²) in [5.74, 6) is 1.38. The molecule has 2 aliphatic rings. The Bertz CT molecular complexity index is 1040. The minimum atomic E-state index is -0.0451. The first-order valence-electron chi connectivity index (χ1n) is 8.56. The van der Waals surface area contributed by atoms with Crippen molar-refractivity contribution >= 4 is 28.4 Å². The number of likely N-dealkylation sites (N-methyl/N-ethyl adjacent to an activating group) is 1. The quantitative estimate of drug-likeness (QED) is 0.657. The van der Waals surface area contributed by atoms with Crippen LogP contribution in [0.1, 0.15) is 21.6 Å². The van der Waals surface area contributed by atoms with Crippen LogP contribution in [0.5, 0.6) is 11.5 Å². The SMILES string of the molecule is CN1CCc2c(c3cc4c(cc3n2C(=O)c2ccc(Cl)cc2)OCO4)C1. The van der Waals surface area contributed by atoms with Crippen LogP contribution < -0.4 is 9.47 Å². The first kappa shape index (κ1) is 15.7. The smallest absolute Gasteiger partial charge is 0.262 e. The molecule has 3 aromatic rings. The van der Waals surface area contributed by atoms with E-state index in [1.807, 2.05) is 16.7 Å². The molecule has 132 valence electrons. The Morgan fingerprint density at radius 3 is 2.62 bits per heavy atom. The van der Waals surface area contributed by atoms with Gasteiger partial charge in [-0.25, -0.2) is 0 Å². The van der Waals surface area contributed by atoms with Crippen molar-refractivity contribution in [1.82, 2.24) is 9.47 Å². The highest BCUT2D eigenvalue weighted by Gasteiger charge is 2.28. The summed E-state index contributed by atoms with van der Waals surface area (Å²) in [6, 6.07) is 10.9. The van der Waals surface area contributed by atoms with Gasteiger partial charge in [-0.1, -0.05) is 11.6 Å². The maximum Gasteiger partial charge on any atom is 0.262 e. The number of aromatic nitrogens is 1. The molecule has 2 aliphatic heterocycles. The lowest BCUT2D eigenvalue weighted by Gasteiger charge is -2.23. The molecule has 26 heavy (non-hydrogen) atoms. The lowest BCUT2D eigenvalue weighted by Crippen LogP contribution is -2.28. The fraction of sp³-hybridized carbons (Fsp3) is 0.250. The van der Waals surface area contributed by atoms with Crippen LogP contribution in [0, 0.1) is 0 Å². The molecule has 0 N–H and O–H groups in total. The third-order valence-electron chi connectivity index (χ3n) is 5.13. The third-order valence-corrected chi connectivity index (χ3v) is 5.38. The number of halogens is 1. The van der Waals surface area contributed by atoms with Gasteiger partial charge in [-0.2, -0.15) is 0 Å². The van der Waals surface area contributed by atoms with E-state index in [-0.39, 0.29) is 12.7 Å². The van der Waals surface area contributed by atoms with Crippen molar-refractivity contribution in [2.45, 2.75) is 13.0 Å². The van der Waals surface area contributed by atoms with E-state index in [1.54, 1.807) is 24.3 Å². The number of nitrogens with zero attached hydrogens (tertiary/aromatic N) is 2. The first-order valence-corrected chi connectivity index (χ1v) is 8.94. The molecule has 2 aromatic carbocycles. The van der Waals surface area contributed by atoms with Gasteiger partial charge < -0.3 is 14.4 Å². The lowest BCUT2D eigenvalue weighted by molar-refractivity contribution is 0.0960. The summed E-state index contributed by atoms with van der Waals surface area (Å²) in [6.07, 6.45) is 0.826. The Morgan fingerprint density at radius 1 is 1.12 bits per heavy atom. The summed E-state index contributed by atoms with van der Waals surface area (Å²) >= 11 is 5.98. The Labute approximate surface area is 155 Å². The minimum Gasteiger partial charge on any atom is -0.454 e. The molecule has 0 saturated heterocycles. The Hall–Kier alpha value is -2.50. The van der Waals surface area contributed by atoms with Crippen LogP contribution in [-0.2, 0) is 13.0 Å². The molecule has 3 heterocycles. The highest BCUT2D eigenvalue weighted by Crippen LogP contribution is 2.40. The zero-order valence-corrected chi connectivity index (χ0v) is 15.0. The molecule has 5 rings (SSSR count). The van der Waals surface area contributed by atoms with E-state index in [1.165, 1.54) is 5.56 Å². The number of rotatable bonds is 1. The van der Waals surface area contributed by atoms with Crippen molar-refractivity contribution in [1.29, 1.82) is 0 Å². The molecule has 0 radical (unpaired) electrons. The van der Waals surface area contributed by atoms with Crippen molar-refractivity contribution in [3.8, 4) is 11.5 Å². The average molecular weight is 369 g/mol. The predicted octanol–water partition coefficient (Wildman–Crippen LogP) is 3.70. The summed E-state index contributed by atoms with van der Waals surface area (Å²) in [6.45, 7) is 1.95. The molecule has 0 saturated carbocycles. The van der Waals surface area contributed by atoms with E-state index < -0.39 is 0 Å². The largest absolute Gasteiger partial charge is 0.454 e. The van der Waals surface area contributed by atoms with Crippen molar-refractivity contribution < 1.29 is 14.3 Å². The van der Waals surface area contributed by atoms with Crippen LogP contribution in [0.25, 0.3) is 10.9 Å². The molecule has 6 heteroatoms. The van der Waals surface area contributed by atoms with Crippen LogP contribution >= 0.6 is 11.6 Å². The van der Waals surface area contributed by atoms with Crippen LogP contribution in [0.15, 0.2) is 36.4 Å². The fourth-order valence-electron chi connectivity index (χ4n) is 3.83. The minimum absolute atomic E-state index is 0.0451. The van der Waals surface area contributed by atoms with Gasteiger partial charge in [0.1, 0.15) is 0 Å². The second-order valence-electron chi connectivity index (χ2n) is 6.78. The topological polar surface area (TPSA) is 43.7 Å². The van der Waals surface area contributed by atoms with E-state index in [0.717, 1.165) is 41.9 Å². The van der Waals surface area contributed by atoms with Gasteiger partial charge in [-0.05, 0) is 42.9 Å². The summed E-state index contributed by atoms with van der Waals surface area (Å²) in [5.41, 5.74) is 3.75. The second kappa shape index (κ2) is 5.76. The van der Waals surface area contributed by atoms with E-state index >= 15 is 0 Å². The lowest BCUT2D eigenvalue weighted by atomic mass is 10.0. The zero-order chi connectivity index (χ0) is 17.8. The summed E-state index contributed by atoms with van der Waals surface area (Å²) in [4.78, 5) is 15.6. The molecule has 0 fully saturated rings. The number of carbonyl (C=O) groups is 1. The molecule has 0 atom stereocenters. The number of ether oxygens (including phenoxy) is 2. The Balaban J connectivity index is 1.75. The van der Waals surface area contributed by atoms with E-state index in [2.05, 4.69) is 11.9 Å². The number of benzene rings is 2. The van der Waals surface area contributed by atoms with Gasteiger partial charge in [-0.3, -0.25) is 9.36 Å². The van der Waals surface area contributed by atoms with Gasteiger partial charge in [0, 0.05) is 47.2 Å². The third kappa shape index (κ3) is 2.31. The van der Waals surface area contributed by atoms with Gasteiger partial charge in [0.15, 0.2) is 11.5 Å². The van der Waals surface area contributed by atoms with Crippen molar-refractivity contribution in [2.24, 2.45) is 0 Å². The molecular weight excluding hydrogens is 352 g/mol. The Kier molecular flexibility index (Phi) is 3.48. The number of fused-ring (bicyclic) bond motifs is 4. The van der Waals surface area contributed by atoms with Crippen molar-refractivity contribution in [2.75, 3.05) is 20.4 Å². The normalized spacial score (nSPS) is 16.1. The molecule has 0 spiro atoms. The maximum atomic E-state index is 13.3. The van der Waals surface area contributed by atoms with Gasteiger partial charge >= 0.3 is 0 Å². The fourth-order valence-corrected chi connectivity index (χ4v) is 3.96. The van der Waals surface area contributed by atoms with Crippen LogP contribution in [0.2, 0.25) is 5.02 Å². The van der Waals surface area contributed by atoms with Gasteiger partial charge in [0.2, 0.25) is 6.79 Å². The summed E-state index contributed by atoms with van der Waals surface area (Å²) in [7, 11) is 2.10. The predicted molar refractivity (Wildman–Crippen MR) is 99.3 cm³/mol. The van der Waals surface area contributed by atoms with Gasteiger partial charge in [0.05, 0.1) is 5.52 Å². The van der Waals surface area contributed by atoms with Crippen molar-refractivity contribution in [3.63, 3.8) is 0 Å². The second-order valence-corrected chi connectivity index (χ2v) is 7.22. The zero-order valence-electron chi connectivity index (χ0n) is 14.3. The summed E-state index contributed by atoms with van der Waals surface area (Å²) < 4.78 is 12.9. The maximum absolute atomic E-state index is 13.3. The monoisotopic (exact) mass is 368 g/mol. The molecule has 0 unspecified atom stereocenters. The molecular formula is C20H17ClN2O3. The Morgan fingerprint density at radius 2 is 1.85 bits per heavy atom. The highest BCUT2D eigenvalue weighted by atomic mass is 35.5. The first-order chi connectivity index (χ1) is 12.6. The van der Waals surface area contributed by atoms with Crippen molar-refractivity contribution in [3.05, 3.63) is 58.2 Å². The summed E-state index contributed by atoms with van der Waals surface area (Å²) in [5, 5.41) is 1.67. The van der Waals surface area contributed by atoms with E-state index in [0.29, 0.717) is 16.3 Å². The average Bonchev–Trinajstić information content (AvgIpc) is 3.21. The molecule has 5 nitrogen and oxygen atoms in total. The molecule has 0 amide bonds. The number of carbonyl (C=O) groups excluding carboxylic acids is 1.